The minimum Gasteiger partial charge on any atom is -0.363 e. The van der Waals surface area contributed by atoms with E-state index in [1.165, 1.54) is 6.33 Å². The largest absolute Gasteiger partial charge is 0.363 e. The van der Waals surface area contributed by atoms with E-state index in [2.05, 4.69) is 15.2 Å². The van der Waals surface area contributed by atoms with E-state index in [0.29, 0.717) is 0 Å². The van der Waals surface area contributed by atoms with Gasteiger partial charge >= 0.3 is 0 Å². The molecule has 0 spiro atoms. The molecular weight excluding hydrogens is 108 g/mol. The van der Waals surface area contributed by atoms with Gasteiger partial charge in [0.1, 0.15) is 6.33 Å². The summed E-state index contributed by atoms with van der Waals surface area (Å²) in [6.45, 7) is 0. The zero-order chi connectivity index (χ0) is 5.98. The van der Waals surface area contributed by atoms with Crippen molar-refractivity contribution < 1.29 is 4.79 Å². The number of carbonyl (C=O) groups is 1. The molecule has 0 bridgehead atoms. The predicted octanol–water partition coefficient (Wildman–Crippen LogP) is -1.10. The molecule has 0 saturated carbocycles. The number of H-pyrrole nitrogens is 1. The van der Waals surface area contributed by atoms with Crippen LogP contribution in [0.25, 0.3) is 0 Å². The molecule has 0 unspecified atom stereocenters. The van der Waals surface area contributed by atoms with Crippen LogP contribution in [0.3, 0.4) is 0 Å². The van der Waals surface area contributed by atoms with Gasteiger partial charge in [-0.1, -0.05) is 0 Å². The molecule has 0 aliphatic carbocycles. The predicted molar refractivity (Wildman–Crippen MR) is 24.9 cm³/mol. The molecule has 1 heterocycles. The Bertz CT molecular complexity index is 179. The van der Waals surface area contributed by atoms with Crippen molar-refractivity contribution in [1.82, 2.24) is 15.2 Å². The van der Waals surface area contributed by atoms with Crippen LogP contribution in [-0.4, -0.2) is 21.1 Å². The normalized spacial score (nSPS) is 9.00. The van der Waals surface area contributed by atoms with E-state index in [1.807, 2.05) is 0 Å². The average molecular weight is 112 g/mol. The Kier molecular flexibility index (Phi) is 0.957. The van der Waals surface area contributed by atoms with E-state index in [-0.39, 0.29) is 5.82 Å². The molecule has 0 aliphatic heterocycles. The zero-order valence-electron chi connectivity index (χ0n) is 3.96. The Morgan fingerprint density at radius 2 is 2.62 bits per heavy atom. The number of aromatic amines is 1. The van der Waals surface area contributed by atoms with Crippen molar-refractivity contribution in [1.29, 1.82) is 0 Å². The Balaban J connectivity index is 2.93. The minimum atomic E-state index is -0.595. The van der Waals surface area contributed by atoms with Crippen LogP contribution >= 0.6 is 0 Å². The first-order valence-electron chi connectivity index (χ1n) is 1.96. The summed E-state index contributed by atoms with van der Waals surface area (Å²) in [6, 6.07) is 0. The van der Waals surface area contributed by atoms with E-state index >= 15 is 0 Å². The summed E-state index contributed by atoms with van der Waals surface area (Å²) in [5.74, 6) is -0.507. The number of nitrogens with zero attached hydrogens (tertiary/aromatic N) is 2. The van der Waals surface area contributed by atoms with Gasteiger partial charge in [-0.2, -0.15) is 0 Å². The molecule has 3 N–H and O–H groups in total. The van der Waals surface area contributed by atoms with Gasteiger partial charge in [0.05, 0.1) is 0 Å². The van der Waals surface area contributed by atoms with Gasteiger partial charge in [0.25, 0.3) is 5.91 Å². The number of hydrogen-bond acceptors (Lipinski definition) is 3. The number of primary amides is 1. The van der Waals surface area contributed by atoms with Crippen molar-refractivity contribution in [2.24, 2.45) is 5.73 Å². The average Bonchev–Trinajstić information content (AvgIpc) is 2.12. The van der Waals surface area contributed by atoms with Gasteiger partial charge in [-0.3, -0.25) is 4.79 Å². The van der Waals surface area contributed by atoms with Crippen LogP contribution in [-0.2, 0) is 0 Å². The fraction of sp³-hybridized carbons (Fsp3) is 0. The Labute approximate surface area is 44.9 Å². The van der Waals surface area contributed by atoms with Gasteiger partial charge in [-0.25, -0.2) is 0 Å². The summed E-state index contributed by atoms with van der Waals surface area (Å²) in [5.41, 5.74) is 4.79. The lowest BCUT2D eigenvalue weighted by atomic mass is 10.6. The van der Waals surface area contributed by atoms with E-state index in [0.717, 1.165) is 0 Å². The van der Waals surface area contributed by atoms with Crippen LogP contribution in [0.1, 0.15) is 10.6 Å². The summed E-state index contributed by atoms with van der Waals surface area (Å²) in [7, 11) is 0. The third kappa shape index (κ3) is 0.651. The van der Waals surface area contributed by atoms with Crippen LogP contribution in [0.4, 0.5) is 0 Å². The lowest BCUT2D eigenvalue weighted by Gasteiger charge is -1.78. The van der Waals surface area contributed by atoms with Crippen molar-refractivity contribution in [3.8, 4) is 0 Å². The Morgan fingerprint density at radius 3 is 2.88 bits per heavy atom. The quantitative estimate of drug-likeness (QED) is 0.483. The van der Waals surface area contributed by atoms with E-state index in [4.69, 9.17) is 5.73 Å². The molecule has 0 saturated heterocycles. The fourth-order valence-electron chi connectivity index (χ4n) is 0.326. The third-order valence-corrected chi connectivity index (χ3v) is 0.650. The summed E-state index contributed by atoms with van der Waals surface area (Å²) >= 11 is 0. The number of rotatable bonds is 1. The highest BCUT2D eigenvalue weighted by molar-refractivity contribution is 5.88. The summed E-state index contributed by atoms with van der Waals surface area (Å²) in [5, 5.41) is 6.67. The number of carbonyl (C=O) groups excluding carboxylic acids is 1. The minimum absolute atomic E-state index is 0.0880. The molecule has 5 nitrogen and oxygen atoms in total. The molecule has 1 aromatic rings. The molecule has 0 radical (unpaired) electrons. The summed E-state index contributed by atoms with van der Waals surface area (Å²) in [6.07, 6.45) is 1.29. The second-order valence-corrected chi connectivity index (χ2v) is 1.20. The van der Waals surface area contributed by atoms with Crippen LogP contribution in [0, 0.1) is 0 Å². The molecule has 8 heavy (non-hydrogen) atoms. The van der Waals surface area contributed by atoms with Crippen LogP contribution in [0.5, 0.6) is 0 Å². The molecule has 0 aromatic carbocycles. The van der Waals surface area contributed by atoms with Gasteiger partial charge in [0, 0.05) is 0 Å². The van der Waals surface area contributed by atoms with Crippen LogP contribution < -0.4 is 5.73 Å². The lowest BCUT2D eigenvalue weighted by molar-refractivity contribution is 0.0991. The molecular formula is C3H4N4O. The molecule has 1 amide bonds. The highest BCUT2D eigenvalue weighted by Crippen LogP contribution is 1.78. The molecule has 0 aliphatic rings. The summed E-state index contributed by atoms with van der Waals surface area (Å²) in [4.78, 5) is 12.6. The first kappa shape index (κ1) is 4.76. The third-order valence-electron chi connectivity index (χ3n) is 0.650. The number of amides is 1. The highest BCUT2D eigenvalue weighted by atomic mass is 16.1. The standard InChI is InChI=1S/C3H4N4O/c4-2(8)3-5-1-6-7-3/h1H,(H2,4,8)(H,5,6,7). The maximum absolute atomic E-state index is 10.2. The Morgan fingerprint density at radius 1 is 1.88 bits per heavy atom. The van der Waals surface area contributed by atoms with Gasteiger partial charge in [-0.15, -0.1) is 10.2 Å². The van der Waals surface area contributed by atoms with Gasteiger partial charge in [0.15, 0.2) is 0 Å². The van der Waals surface area contributed by atoms with Gasteiger partial charge < -0.3 is 10.7 Å². The first-order chi connectivity index (χ1) is 3.80. The molecule has 5 heteroatoms. The maximum Gasteiger partial charge on any atom is 0.286 e. The molecule has 1 rings (SSSR count). The lowest BCUT2D eigenvalue weighted by Crippen LogP contribution is -2.12. The molecule has 42 valence electrons. The number of aromatic nitrogens is 3. The molecule has 1 aromatic heterocycles. The number of hydrogen-bond donors (Lipinski definition) is 2. The van der Waals surface area contributed by atoms with Crippen molar-refractivity contribution >= 4 is 5.91 Å². The molecule has 0 atom stereocenters. The summed E-state index contributed by atoms with van der Waals surface area (Å²) < 4.78 is 0. The maximum atomic E-state index is 10.2. The number of nitrogens with one attached hydrogen (secondary N) is 1. The van der Waals surface area contributed by atoms with Crippen molar-refractivity contribution in [3.05, 3.63) is 12.2 Å². The zero-order valence-corrected chi connectivity index (χ0v) is 3.96. The Hall–Kier alpha value is -1.39. The second kappa shape index (κ2) is 1.61. The van der Waals surface area contributed by atoms with E-state index < -0.39 is 5.91 Å². The van der Waals surface area contributed by atoms with Crippen LogP contribution in [0.2, 0.25) is 0 Å². The smallest absolute Gasteiger partial charge is 0.286 e. The van der Waals surface area contributed by atoms with E-state index in [1.54, 1.807) is 0 Å². The van der Waals surface area contributed by atoms with E-state index in [9.17, 15) is 4.79 Å². The van der Waals surface area contributed by atoms with Crippen molar-refractivity contribution in [2.45, 2.75) is 0 Å². The van der Waals surface area contributed by atoms with Crippen molar-refractivity contribution in [3.63, 3.8) is 0 Å². The van der Waals surface area contributed by atoms with Gasteiger partial charge in [0.2, 0.25) is 5.82 Å². The SMILES string of the molecule is NC(=O)c1nnc[nH]1. The molecule has 0 fully saturated rings. The fourth-order valence-corrected chi connectivity index (χ4v) is 0.326. The highest BCUT2D eigenvalue weighted by Gasteiger charge is 1.99. The van der Waals surface area contributed by atoms with Crippen molar-refractivity contribution in [2.75, 3.05) is 0 Å². The second-order valence-electron chi connectivity index (χ2n) is 1.20. The topological polar surface area (TPSA) is 84.7 Å². The first-order valence-corrected chi connectivity index (χ1v) is 1.96. The monoisotopic (exact) mass is 112 g/mol. The number of nitrogens with two attached hydrogens (primary N) is 1. The van der Waals surface area contributed by atoms with Gasteiger partial charge in [-0.05, 0) is 0 Å². The van der Waals surface area contributed by atoms with Crippen LogP contribution in [0.15, 0.2) is 6.33 Å².